The van der Waals surface area contributed by atoms with Crippen LogP contribution in [0.2, 0.25) is 0 Å². The summed E-state index contributed by atoms with van der Waals surface area (Å²) in [6.07, 6.45) is 4.31. The molecular formula is C31H45N3O5. The molecule has 2 rings (SSSR count). The Balaban J connectivity index is 2.18. The summed E-state index contributed by atoms with van der Waals surface area (Å²) in [6.45, 7) is 7.66. The Hall–Kier alpha value is -3.39. The van der Waals surface area contributed by atoms with Crippen LogP contribution in [-0.4, -0.2) is 53.3 Å². The highest BCUT2D eigenvalue weighted by Crippen LogP contribution is 2.16. The molecule has 8 heteroatoms. The second-order valence-electron chi connectivity index (χ2n) is 11.1. The monoisotopic (exact) mass is 539 g/mol. The highest BCUT2D eigenvalue weighted by molar-refractivity contribution is 5.94. The molecule has 214 valence electrons. The maximum Gasteiger partial charge on any atom is 0.408 e. The van der Waals surface area contributed by atoms with Crippen molar-refractivity contribution in [1.82, 2.24) is 16.0 Å². The highest BCUT2D eigenvalue weighted by atomic mass is 16.6. The fourth-order valence-corrected chi connectivity index (χ4v) is 4.22. The topological polar surface area (TPSA) is 117 Å². The summed E-state index contributed by atoms with van der Waals surface area (Å²) in [5.41, 5.74) is -0.208. The molecule has 0 fully saturated rings. The van der Waals surface area contributed by atoms with Gasteiger partial charge in [-0.15, -0.1) is 0 Å². The summed E-state index contributed by atoms with van der Waals surface area (Å²) >= 11 is 0. The van der Waals surface area contributed by atoms with E-state index >= 15 is 0 Å². The Kier molecular flexibility index (Phi) is 13.0. The Morgan fingerprint density at radius 1 is 0.821 bits per heavy atom. The number of benzene rings is 2. The van der Waals surface area contributed by atoms with Gasteiger partial charge in [0.05, 0.1) is 0 Å². The van der Waals surface area contributed by atoms with Crippen molar-refractivity contribution in [2.75, 3.05) is 13.2 Å². The number of nitrogens with one attached hydrogen (secondary N) is 3. The van der Waals surface area contributed by atoms with Crippen LogP contribution in [0.4, 0.5) is 4.79 Å². The van der Waals surface area contributed by atoms with Gasteiger partial charge < -0.3 is 25.8 Å². The van der Waals surface area contributed by atoms with Gasteiger partial charge in [-0.3, -0.25) is 9.59 Å². The average Bonchev–Trinajstić information content (AvgIpc) is 2.87. The molecule has 0 saturated heterocycles. The van der Waals surface area contributed by atoms with E-state index in [1.165, 1.54) is 0 Å². The van der Waals surface area contributed by atoms with Gasteiger partial charge >= 0.3 is 6.09 Å². The number of carbonyl (C=O) groups is 3. The zero-order chi connectivity index (χ0) is 28.7. The van der Waals surface area contributed by atoms with Crippen molar-refractivity contribution in [2.24, 2.45) is 0 Å². The molecule has 0 unspecified atom stereocenters. The van der Waals surface area contributed by atoms with Crippen LogP contribution in [-0.2, 0) is 27.2 Å². The van der Waals surface area contributed by atoms with E-state index < -0.39 is 29.2 Å². The summed E-state index contributed by atoms with van der Waals surface area (Å²) in [6, 6.07) is 18.0. The van der Waals surface area contributed by atoms with Gasteiger partial charge in [0.25, 0.3) is 0 Å². The van der Waals surface area contributed by atoms with E-state index in [1.807, 2.05) is 60.7 Å². The molecule has 39 heavy (non-hydrogen) atoms. The molecule has 8 nitrogen and oxygen atoms in total. The summed E-state index contributed by atoms with van der Waals surface area (Å²) in [7, 11) is 0. The molecule has 2 atom stereocenters. The van der Waals surface area contributed by atoms with E-state index in [1.54, 1.807) is 27.7 Å². The molecule has 0 heterocycles. The van der Waals surface area contributed by atoms with Crippen molar-refractivity contribution in [2.45, 2.75) is 89.8 Å². The van der Waals surface area contributed by atoms with Crippen LogP contribution < -0.4 is 16.0 Å². The summed E-state index contributed by atoms with van der Waals surface area (Å²) < 4.78 is 5.41. The molecule has 4 N–H and O–H groups in total. The number of aliphatic hydroxyl groups is 1. The minimum absolute atomic E-state index is 0.197. The molecule has 0 aromatic heterocycles. The molecule has 0 aliphatic heterocycles. The Morgan fingerprint density at radius 3 is 1.97 bits per heavy atom. The largest absolute Gasteiger partial charge is 0.444 e. The van der Waals surface area contributed by atoms with Crippen LogP contribution in [0.15, 0.2) is 60.7 Å². The third-order valence-corrected chi connectivity index (χ3v) is 6.21. The smallest absolute Gasteiger partial charge is 0.408 e. The molecule has 0 saturated carbocycles. The Morgan fingerprint density at radius 2 is 1.38 bits per heavy atom. The number of ether oxygens (including phenoxy) is 1. The van der Waals surface area contributed by atoms with E-state index in [2.05, 4.69) is 16.0 Å². The first-order valence-electron chi connectivity index (χ1n) is 13.8. The molecule has 0 aliphatic rings. The average molecular weight is 540 g/mol. The van der Waals surface area contributed by atoms with Crippen LogP contribution in [0.5, 0.6) is 0 Å². The minimum Gasteiger partial charge on any atom is -0.444 e. The van der Waals surface area contributed by atoms with E-state index in [0.717, 1.165) is 43.2 Å². The van der Waals surface area contributed by atoms with Crippen molar-refractivity contribution in [3.63, 3.8) is 0 Å². The van der Waals surface area contributed by atoms with Crippen LogP contribution in [0.1, 0.15) is 70.9 Å². The van der Waals surface area contributed by atoms with Crippen LogP contribution in [0.3, 0.4) is 0 Å². The second kappa shape index (κ2) is 15.9. The first-order chi connectivity index (χ1) is 18.5. The van der Waals surface area contributed by atoms with Gasteiger partial charge in [-0.05, 0) is 51.7 Å². The molecule has 0 spiro atoms. The van der Waals surface area contributed by atoms with Gasteiger partial charge in [0.2, 0.25) is 11.8 Å². The normalized spacial score (nSPS) is 13.6. The van der Waals surface area contributed by atoms with Crippen LogP contribution in [0, 0.1) is 0 Å². The summed E-state index contributed by atoms with van der Waals surface area (Å²) in [4.78, 5) is 39.7. The fourth-order valence-electron chi connectivity index (χ4n) is 4.22. The number of hydrogen-bond donors (Lipinski definition) is 4. The van der Waals surface area contributed by atoms with Gasteiger partial charge in [-0.2, -0.15) is 0 Å². The number of aliphatic hydroxyl groups excluding tert-OH is 1. The minimum atomic E-state index is -1.25. The summed E-state index contributed by atoms with van der Waals surface area (Å²) in [5, 5.41) is 17.6. The second-order valence-corrected chi connectivity index (χ2v) is 11.1. The standard InChI is InChI=1S/C31H45N3O5/c1-30(2,3)39-29(38)33-26(22-24-16-10-8-11-17-24)27(36)34-31(4,23-25-18-12-9-13-19-25)28(37)32-20-14-6-5-7-15-21-35/h8-13,16-19,26,35H,5-7,14-15,20-23H2,1-4H3,(H,32,37)(H,33,38)(H,34,36)/t26-,31+/m0/s1. The zero-order valence-electron chi connectivity index (χ0n) is 23.8. The van der Waals surface area contributed by atoms with Crippen molar-refractivity contribution in [3.05, 3.63) is 71.8 Å². The third kappa shape index (κ3) is 12.3. The molecule has 3 amide bonds. The number of alkyl carbamates (subject to hydrolysis) is 1. The highest BCUT2D eigenvalue weighted by Gasteiger charge is 2.37. The number of carbonyl (C=O) groups excluding carboxylic acids is 3. The molecule has 0 radical (unpaired) electrons. The maximum atomic E-state index is 13.7. The lowest BCUT2D eigenvalue weighted by atomic mass is 9.90. The Labute approximate surface area is 232 Å². The van der Waals surface area contributed by atoms with E-state index in [0.29, 0.717) is 6.54 Å². The van der Waals surface area contributed by atoms with E-state index in [9.17, 15) is 14.4 Å². The first-order valence-corrected chi connectivity index (χ1v) is 13.8. The predicted octanol–water partition coefficient (Wildman–Crippen LogP) is 4.30. The van der Waals surface area contributed by atoms with Gasteiger partial charge in [-0.1, -0.05) is 79.9 Å². The number of hydrogen-bond acceptors (Lipinski definition) is 5. The van der Waals surface area contributed by atoms with Crippen molar-refractivity contribution >= 4 is 17.9 Å². The molecular weight excluding hydrogens is 494 g/mol. The van der Waals surface area contributed by atoms with Crippen molar-refractivity contribution in [1.29, 1.82) is 0 Å². The number of rotatable bonds is 15. The Bertz CT molecular complexity index is 1020. The lowest BCUT2D eigenvalue weighted by Gasteiger charge is -2.32. The summed E-state index contributed by atoms with van der Waals surface area (Å²) in [5.74, 6) is -0.756. The van der Waals surface area contributed by atoms with Gasteiger partial charge in [0.1, 0.15) is 17.2 Å². The van der Waals surface area contributed by atoms with Crippen molar-refractivity contribution in [3.8, 4) is 0 Å². The zero-order valence-corrected chi connectivity index (χ0v) is 23.8. The molecule has 2 aromatic carbocycles. The third-order valence-electron chi connectivity index (χ3n) is 6.21. The number of unbranched alkanes of at least 4 members (excludes halogenated alkanes) is 4. The van der Waals surface area contributed by atoms with Gasteiger partial charge in [-0.25, -0.2) is 4.79 Å². The molecule has 0 aliphatic carbocycles. The number of amides is 3. The van der Waals surface area contributed by atoms with Gasteiger partial charge in [0.15, 0.2) is 0 Å². The lowest BCUT2D eigenvalue weighted by molar-refractivity contribution is -0.133. The van der Waals surface area contributed by atoms with Crippen LogP contribution in [0.25, 0.3) is 0 Å². The predicted molar refractivity (Wildman–Crippen MR) is 153 cm³/mol. The van der Waals surface area contributed by atoms with Crippen LogP contribution >= 0.6 is 0 Å². The molecule has 2 aromatic rings. The maximum absolute atomic E-state index is 13.7. The quantitative estimate of drug-likeness (QED) is 0.252. The lowest BCUT2D eigenvalue weighted by Crippen LogP contribution is -2.62. The fraction of sp³-hybridized carbons (Fsp3) is 0.516. The van der Waals surface area contributed by atoms with Gasteiger partial charge in [0, 0.05) is 26.0 Å². The van der Waals surface area contributed by atoms with E-state index in [4.69, 9.17) is 9.84 Å². The first kappa shape index (κ1) is 31.8. The SMILES string of the molecule is CC(C)(C)OC(=O)N[C@@H](Cc1ccccc1)C(=O)N[C@](C)(Cc1ccccc1)C(=O)NCCCCCCCO. The van der Waals surface area contributed by atoms with Crippen molar-refractivity contribution < 1.29 is 24.2 Å². The molecule has 0 bridgehead atoms. The van der Waals surface area contributed by atoms with E-state index in [-0.39, 0.29) is 25.4 Å².